The van der Waals surface area contributed by atoms with E-state index in [1.807, 2.05) is 33.8 Å². The summed E-state index contributed by atoms with van der Waals surface area (Å²) in [5, 5.41) is 8.78. The van der Waals surface area contributed by atoms with E-state index in [1.165, 1.54) is 6.07 Å². The molecule has 0 radical (unpaired) electrons. The third kappa shape index (κ3) is 2.00. The number of rotatable bonds is 1. The van der Waals surface area contributed by atoms with E-state index in [0.717, 1.165) is 6.20 Å². The molecule has 1 aromatic heterocycles. The third-order valence-corrected chi connectivity index (χ3v) is 3.51. The first-order valence-corrected chi connectivity index (χ1v) is 5.68. The largest absolute Gasteiger partial charge is 0.498 e. The minimum Gasteiger partial charge on any atom is -0.399 e. The molecule has 1 aliphatic rings. The Kier molecular flexibility index (Phi) is 2.92. The molecule has 0 saturated carbocycles. The Hall–Kier alpha value is -1.45. The van der Waals surface area contributed by atoms with E-state index in [4.69, 9.17) is 14.6 Å². The molecule has 0 bridgehead atoms. The number of halogens is 1. The van der Waals surface area contributed by atoms with Crippen molar-refractivity contribution in [1.29, 1.82) is 5.26 Å². The van der Waals surface area contributed by atoms with Gasteiger partial charge in [-0.15, -0.1) is 0 Å². The molecule has 1 aliphatic heterocycles. The van der Waals surface area contributed by atoms with E-state index in [1.54, 1.807) is 0 Å². The summed E-state index contributed by atoms with van der Waals surface area (Å²) in [6.45, 7) is 7.54. The van der Waals surface area contributed by atoms with Gasteiger partial charge in [0.25, 0.3) is 0 Å². The van der Waals surface area contributed by atoms with E-state index in [9.17, 15) is 4.39 Å². The zero-order valence-corrected chi connectivity index (χ0v) is 10.8. The zero-order chi connectivity index (χ0) is 13.6. The van der Waals surface area contributed by atoms with Crippen molar-refractivity contribution >= 4 is 12.6 Å². The quantitative estimate of drug-likeness (QED) is 0.704. The van der Waals surface area contributed by atoms with E-state index in [0.29, 0.717) is 0 Å². The first-order chi connectivity index (χ1) is 8.27. The molecule has 0 aromatic carbocycles. The monoisotopic (exact) mass is 248 g/mol. The Morgan fingerprint density at radius 2 is 1.83 bits per heavy atom. The van der Waals surface area contributed by atoms with Gasteiger partial charge in [-0.3, -0.25) is 0 Å². The zero-order valence-electron chi connectivity index (χ0n) is 10.8. The van der Waals surface area contributed by atoms with Gasteiger partial charge in [0.1, 0.15) is 17.6 Å². The third-order valence-electron chi connectivity index (χ3n) is 3.51. The Labute approximate surface area is 106 Å². The lowest BCUT2D eigenvalue weighted by Crippen LogP contribution is -2.41. The minimum atomic E-state index is -0.815. The topological polar surface area (TPSA) is 55.1 Å². The van der Waals surface area contributed by atoms with Gasteiger partial charge in [-0.05, 0) is 33.8 Å². The van der Waals surface area contributed by atoms with Gasteiger partial charge in [-0.25, -0.2) is 9.37 Å². The van der Waals surface area contributed by atoms with Crippen LogP contribution < -0.4 is 5.46 Å². The van der Waals surface area contributed by atoms with Crippen LogP contribution >= 0.6 is 0 Å². The van der Waals surface area contributed by atoms with Crippen molar-refractivity contribution in [3.8, 4) is 6.07 Å². The van der Waals surface area contributed by atoms with E-state index >= 15 is 0 Å². The number of nitrogens with zero attached hydrogens (tertiary/aromatic N) is 2. The standard InChI is InChI=1S/C12H14BFN2O2/c1-11(2)12(3,4)18-13(17-11)9-5-8(6-15)16-7-10(9)14/h5,7H,1-4H3. The smallest absolute Gasteiger partial charge is 0.399 e. The van der Waals surface area contributed by atoms with Crippen molar-refractivity contribution in [3.05, 3.63) is 23.8 Å². The summed E-state index contributed by atoms with van der Waals surface area (Å²) < 4.78 is 25.2. The summed E-state index contributed by atoms with van der Waals surface area (Å²) in [7, 11) is -0.815. The molecule has 94 valence electrons. The van der Waals surface area contributed by atoms with Crippen LogP contribution in [-0.4, -0.2) is 23.3 Å². The highest BCUT2D eigenvalue weighted by Gasteiger charge is 2.52. The fraction of sp³-hybridized carbons (Fsp3) is 0.500. The normalized spacial score (nSPS) is 20.8. The average Bonchev–Trinajstić information content (AvgIpc) is 2.48. The molecule has 18 heavy (non-hydrogen) atoms. The first kappa shape index (κ1) is 13.0. The lowest BCUT2D eigenvalue weighted by Gasteiger charge is -2.32. The highest BCUT2D eigenvalue weighted by molar-refractivity contribution is 6.62. The molecule has 6 heteroatoms. The Bertz CT molecular complexity index is 509. The van der Waals surface area contributed by atoms with Crippen LogP contribution in [0.1, 0.15) is 33.4 Å². The predicted octanol–water partition coefficient (Wildman–Crippen LogP) is 1.39. The first-order valence-electron chi connectivity index (χ1n) is 5.68. The second kappa shape index (κ2) is 4.04. The van der Waals surface area contributed by atoms with Crippen LogP contribution in [0.3, 0.4) is 0 Å². The molecule has 1 saturated heterocycles. The Morgan fingerprint density at radius 1 is 1.28 bits per heavy atom. The molecule has 0 atom stereocenters. The van der Waals surface area contributed by atoms with Crippen molar-refractivity contribution in [3.63, 3.8) is 0 Å². The summed E-state index contributed by atoms with van der Waals surface area (Å²) in [5.41, 5.74) is -0.735. The highest BCUT2D eigenvalue weighted by Crippen LogP contribution is 2.36. The summed E-state index contributed by atoms with van der Waals surface area (Å²) >= 11 is 0. The van der Waals surface area contributed by atoms with Crippen LogP contribution in [0.2, 0.25) is 0 Å². The molecule has 1 fully saturated rings. The summed E-state index contributed by atoms with van der Waals surface area (Å²) in [5.74, 6) is -0.535. The second-order valence-electron chi connectivity index (χ2n) is 5.29. The SMILES string of the molecule is CC1(C)OB(c2cc(C#N)ncc2F)OC1(C)C. The van der Waals surface area contributed by atoms with Crippen molar-refractivity contribution in [1.82, 2.24) is 4.98 Å². The number of aromatic nitrogens is 1. The van der Waals surface area contributed by atoms with Crippen LogP contribution in [0, 0.1) is 17.1 Å². The number of hydrogen-bond acceptors (Lipinski definition) is 4. The fourth-order valence-corrected chi connectivity index (χ4v) is 1.67. The van der Waals surface area contributed by atoms with E-state index in [-0.39, 0.29) is 11.2 Å². The van der Waals surface area contributed by atoms with E-state index < -0.39 is 24.1 Å². The van der Waals surface area contributed by atoms with Gasteiger partial charge in [-0.2, -0.15) is 5.26 Å². The summed E-state index contributed by atoms with van der Waals surface area (Å²) in [4.78, 5) is 3.65. The van der Waals surface area contributed by atoms with Gasteiger partial charge in [0.2, 0.25) is 0 Å². The summed E-state index contributed by atoms with van der Waals surface area (Å²) in [6, 6.07) is 3.23. The Balaban J connectivity index is 2.38. The van der Waals surface area contributed by atoms with Crippen molar-refractivity contribution in [2.45, 2.75) is 38.9 Å². The number of pyridine rings is 1. The van der Waals surface area contributed by atoms with Gasteiger partial charge < -0.3 is 9.31 Å². The van der Waals surface area contributed by atoms with Gasteiger partial charge in [0.05, 0.1) is 17.4 Å². The Morgan fingerprint density at radius 3 is 2.33 bits per heavy atom. The van der Waals surface area contributed by atoms with Crippen LogP contribution in [-0.2, 0) is 9.31 Å². The maximum Gasteiger partial charge on any atom is 0.498 e. The molecule has 0 unspecified atom stereocenters. The second-order valence-corrected chi connectivity index (χ2v) is 5.29. The van der Waals surface area contributed by atoms with Gasteiger partial charge in [0, 0.05) is 5.46 Å². The lowest BCUT2D eigenvalue weighted by atomic mass is 9.79. The van der Waals surface area contributed by atoms with Crippen LogP contribution in [0.4, 0.5) is 4.39 Å². The highest BCUT2D eigenvalue weighted by atomic mass is 19.1. The maximum absolute atomic E-state index is 13.7. The molecule has 2 heterocycles. The molecular formula is C12H14BFN2O2. The molecule has 0 aliphatic carbocycles. The van der Waals surface area contributed by atoms with Gasteiger partial charge in [-0.1, -0.05) is 0 Å². The fourth-order valence-electron chi connectivity index (χ4n) is 1.67. The molecule has 4 nitrogen and oxygen atoms in total. The lowest BCUT2D eigenvalue weighted by molar-refractivity contribution is 0.00578. The van der Waals surface area contributed by atoms with Crippen molar-refractivity contribution in [2.24, 2.45) is 0 Å². The van der Waals surface area contributed by atoms with Crippen molar-refractivity contribution < 1.29 is 13.7 Å². The van der Waals surface area contributed by atoms with Crippen LogP contribution in [0.15, 0.2) is 12.3 Å². The molecule has 1 aromatic rings. The van der Waals surface area contributed by atoms with Gasteiger partial charge >= 0.3 is 7.12 Å². The molecule has 0 spiro atoms. The predicted molar refractivity (Wildman–Crippen MR) is 64.6 cm³/mol. The molecule has 2 rings (SSSR count). The maximum atomic E-state index is 13.7. The number of nitriles is 1. The number of hydrogen-bond donors (Lipinski definition) is 0. The van der Waals surface area contributed by atoms with Crippen molar-refractivity contribution in [2.75, 3.05) is 0 Å². The van der Waals surface area contributed by atoms with Crippen LogP contribution in [0.5, 0.6) is 0 Å². The summed E-state index contributed by atoms with van der Waals surface area (Å²) in [6.07, 6.45) is 1.01. The molecule has 0 N–H and O–H groups in total. The van der Waals surface area contributed by atoms with Gasteiger partial charge in [0.15, 0.2) is 0 Å². The van der Waals surface area contributed by atoms with E-state index in [2.05, 4.69) is 4.98 Å². The molecule has 0 amide bonds. The average molecular weight is 248 g/mol. The van der Waals surface area contributed by atoms with Crippen LogP contribution in [0.25, 0.3) is 0 Å². The molecular weight excluding hydrogens is 234 g/mol. The minimum absolute atomic E-state index is 0.140.